The lowest BCUT2D eigenvalue weighted by Crippen LogP contribution is -2.02. The molecular weight excluding hydrogens is 246 g/mol. The summed E-state index contributed by atoms with van der Waals surface area (Å²) in [5, 5.41) is 5.27. The van der Waals surface area contributed by atoms with Gasteiger partial charge in [-0.3, -0.25) is 0 Å². The third-order valence-corrected chi connectivity index (χ3v) is 3.65. The predicted molar refractivity (Wildman–Crippen MR) is 75.3 cm³/mol. The summed E-state index contributed by atoms with van der Waals surface area (Å²) in [6.45, 7) is 6.73. The molecule has 4 heteroatoms. The van der Waals surface area contributed by atoms with Gasteiger partial charge in [-0.1, -0.05) is 24.6 Å². The highest BCUT2D eigenvalue weighted by Gasteiger charge is 2.11. The van der Waals surface area contributed by atoms with Crippen molar-refractivity contribution in [2.45, 2.75) is 33.7 Å². The number of hydrogen-bond acceptors (Lipinski definition) is 2. The Morgan fingerprint density at radius 1 is 1.33 bits per heavy atom. The molecule has 0 atom stereocenters. The van der Waals surface area contributed by atoms with Gasteiger partial charge in [0.1, 0.15) is 0 Å². The van der Waals surface area contributed by atoms with E-state index in [2.05, 4.69) is 18.9 Å². The second kappa shape index (κ2) is 5.12. The molecule has 0 aliphatic carbocycles. The summed E-state index contributed by atoms with van der Waals surface area (Å²) < 4.78 is 1.94. The maximum absolute atomic E-state index is 6.19. The van der Waals surface area contributed by atoms with Crippen molar-refractivity contribution in [3.8, 4) is 5.69 Å². The third kappa shape index (κ3) is 2.16. The fraction of sp³-hybridized carbons (Fsp3) is 0.357. The van der Waals surface area contributed by atoms with Gasteiger partial charge in [-0.25, -0.2) is 4.68 Å². The van der Waals surface area contributed by atoms with Gasteiger partial charge in [0.15, 0.2) is 0 Å². The lowest BCUT2D eigenvalue weighted by atomic mass is 10.1. The van der Waals surface area contributed by atoms with Gasteiger partial charge in [0.2, 0.25) is 0 Å². The number of aryl methyl sites for hydroxylation is 1. The van der Waals surface area contributed by atoms with Gasteiger partial charge >= 0.3 is 0 Å². The zero-order chi connectivity index (χ0) is 13.3. The van der Waals surface area contributed by atoms with Gasteiger partial charge in [0.05, 0.1) is 11.4 Å². The summed E-state index contributed by atoms with van der Waals surface area (Å²) in [7, 11) is 0. The Balaban J connectivity index is 2.52. The van der Waals surface area contributed by atoms with Crippen molar-refractivity contribution in [1.82, 2.24) is 9.78 Å². The van der Waals surface area contributed by atoms with Gasteiger partial charge in [-0.05, 0) is 43.5 Å². The summed E-state index contributed by atoms with van der Waals surface area (Å²) in [5.74, 6) is 0. The van der Waals surface area contributed by atoms with Crippen LogP contribution >= 0.6 is 11.6 Å². The normalized spacial score (nSPS) is 10.9. The van der Waals surface area contributed by atoms with Crippen molar-refractivity contribution >= 4 is 11.6 Å². The molecule has 1 aromatic heterocycles. The summed E-state index contributed by atoms with van der Waals surface area (Å²) >= 11 is 6.19. The highest BCUT2D eigenvalue weighted by atomic mass is 35.5. The molecule has 0 aliphatic heterocycles. The fourth-order valence-corrected chi connectivity index (χ4v) is 2.52. The molecule has 96 valence electrons. The minimum Gasteiger partial charge on any atom is -0.326 e. The first-order valence-corrected chi connectivity index (χ1v) is 6.50. The summed E-state index contributed by atoms with van der Waals surface area (Å²) in [4.78, 5) is 0. The molecule has 0 spiro atoms. The van der Waals surface area contributed by atoms with Crippen LogP contribution in [0.15, 0.2) is 18.2 Å². The number of rotatable bonds is 3. The second-order valence-corrected chi connectivity index (χ2v) is 4.80. The molecule has 0 amide bonds. The summed E-state index contributed by atoms with van der Waals surface area (Å²) in [5.41, 5.74) is 11.1. The minimum atomic E-state index is 0.455. The number of benzene rings is 1. The number of aromatic nitrogens is 2. The predicted octanol–water partition coefficient (Wildman–Crippen LogP) is 3.16. The van der Waals surface area contributed by atoms with Crippen LogP contribution < -0.4 is 5.73 Å². The van der Waals surface area contributed by atoms with Crippen LogP contribution in [-0.4, -0.2) is 9.78 Å². The van der Waals surface area contributed by atoms with Crippen molar-refractivity contribution in [3.63, 3.8) is 0 Å². The van der Waals surface area contributed by atoms with Crippen LogP contribution in [0, 0.1) is 13.8 Å². The van der Waals surface area contributed by atoms with E-state index in [1.165, 1.54) is 11.3 Å². The standard InChI is InChI=1S/C14H18ClN3/c1-4-13-9(2)17-18(10(13)3)12-6-5-11(8-16)14(15)7-12/h5-7H,4,8,16H2,1-3H3. The zero-order valence-electron chi connectivity index (χ0n) is 11.0. The van der Waals surface area contributed by atoms with E-state index in [1.807, 2.05) is 29.8 Å². The van der Waals surface area contributed by atoms with Crippen molar-refractivity contribution in [2.75, 3.05) is 0 Å². The molecule has 0 saturated carbocycles. The van der Waals surface area contributed by atoms with Crippen LogP contribution in [0.3, 0.4) is 0 Å². The van der Waals surface area contributed by atoms with Gasteiger partial charge in [0, 0.05) is 17.3 Å². The molecule has 2 aromatic rings. The molecule has 0 aliphatic rings. The molecule has 1 aromatic carbocycles. The lowest BCUT2D eigenvalue weighted by molar-refractivity contribution is 0.831. The van der Waals surface area contributed by atoms with Crippen LogP contribution in [0.4, 0.5) is 0 Å². The molecule has 3 nitrogen and oxygen atoms in total. The minimum absolute atomic E-state index is 0.455. The van der Waals surface area contributed by atoms with Gasteiger partial charge in [-0.15, -0.1) is 0 Å². The molecule has 0 saturated heterocycles. The Kier molecular flexibility index (Phi) is 3.73. The maximum atomic E-state index is 6.19. The molecule has 0 radical (unpaired) electrons. The average molecular weight is 264 g/mol. The first kappa shape index (κ1) is 13.1. The van der Waals surface area contributed by atoms with E-state index in [0.717, 1.165) is 23.4 Å². The molecule has 18 heavy (non-hydrogen) atoms. The third-order valence-electron chi connectivity index (χ3n) is 3.30. The van der Waals surface area contributed by atoms with Crippen molar-refractivity contribution in [3.05, 3.63) is 45.7 Å². The van der Waals surface area contributed by atoms with Crippen LogP contribution in [0.5, 0.6) is 0 Å². The lowest BCUT2D eigenvalue weighted by Gasteiger charge is -2.08. The van der Waals surface area contributed by atoms with Crippen LogP contribution in [0.2, 0.25) is 5.02 Å². The number of halogens is 1. The van der Waals surface area contributed by atoms with Crippen molar-refractivity contribution < 1.29 is 0 Å². The van der Waals surface area contributed by atoms with Gasteiger partial charge < -0.3 is 5.73 Å². The average Bonchev–Trinajstić information content (AvgIpc) is 2.64. The van der Waals surface area contributed by atoms with Gasteiger partial charge in [-0.2, -0.15) is 5.10 Å². The fourth-order valence-electron chi connectivity index (χ4n) is 2.27. The Morgan fingerprint density at radius 2 is 2.06 bits per heavy atom. The largest absolute Gasteiger partial charge is 0.326 e. The topological polar surface area (TPSA) is 43.8 Å². The molecule has 2 N–H and O–H groups in total. The molecule has 1 heterocycles. The highest BCUT2D eigenvalue weighted by Crippen LogP contribution is 2.23. The van der Waals surface area contributed by atoms with E-state index < -0.39 is 0 Å². The van der Waals surface area contributed by atoms with E-state index in [9.17, 15) is 0 Å². The van der Waals surface area contributed by atoms with E-state index in [1.54, 1.807) is 0 Å². The molecule has 0 unspecified atom stereocenters. The monoisotopic (exact) mass is 263 g/mol. The maximum Gasteiger partial charge on any atom is 0.0663 e. The number of nitrogens with zero attached hydrogens (tertiary/aromatic N) is 2. The molecule has 0 bridgehead atoms. The first-order chi connectivity index (χ1) is 8.58. The zero-order valence-corrected chi connectivity index (χ0v) is 11.8. The van der Waals surface area contributed by atoms with E-state index >= 15 is 0 Å². The van der Waals surface area contributed by atoms with E-state index in [-0.39, 0.29) is 0 Å². The van der Waals surface area contributed by atoms with Crippen molar-refractivity contribution in [1.29, 1.82) is 0 Å². The van der Waals surface area contributed by atoms with E-state index in [0.29, 0.717) is 11.6 Å². The number of nitrogens with two attached hydrogens (primary N) is 1. The van der Waals surface area contributed by atoms with Crippen LogP contribution in [0.25, 0.3) is 5.69 Å². The Labute approximate surface area is 113 Å². The SMILES string of the molecule is CCc1c(C)nn(-c2ccc(CN)c(Cl)c2)c1C. The Bertz CT molecular complexity index is 573. The number of hydrogen-bond donors (Lipinski definition) is 1. The highest BCUT2D eigenvalue weighted by molar-refractivity contribution is 6.31. The van der Waals surface area contributed by atoms with Crippen LogP contribution in [-0.2, 0) is 13.0 Å². The van der Waals surface area contributed by atoms with Crippen molar-refractivity contribution in [2.24, 2.45) is 5.73 Å². The Morgan fingerprint density at radius 3 is 2.56 bits per heavy atom. The smallest absolute Gasteiger partial charge is 0.0663 e. The Hall–Kier alpha value is -1.32. The van der Waals surface area contributed by atoms with Crippen LogP contribution in [0.1, 0.15) is 29.4 Å². The first-order valence-electron chi connectivity index (χ1n) is 6.12. The molecule has 0 fully saturated rings. The van der Waals surface area contributed by atoms with E-state index in [4.69, 9.17) is 17.3 Å². The molecule has 2 rings (SSSR count). The summed E-state index contributed by atoms with van der Waals surface area (Å²) in [6.07, 6.45) is 0.992. The summed E-state index contributed by atoms with van der Waals surface area (Å²) in [6, 6.07) is 5.88. The van der Waals surface area contributed by atoms with Gasteiger partial charge in [0.25, 0.3) is 0 Å². The second-order valence-electron chi connectivity index (χ2n) is 4.39. The quantitative estimate of drug-likeness (QED) is 0.924. The molecular formula is C14H18ClN3.